The number of aliphatic carboxylic acids is 1. The van der Waals surface area contributed by atoms with Crippen LogP contribution in [-0.2, 0) is 30.8 Å². The largest absolute Gasteiger partial charge is 0.486 e. The maximum atomic E-state index is 12.3. The first kappa shape index (κ1) is 29.5. The highest BCUT2D eigenvalue weighted by molar-refractivity contribution is 6.30. The van der Waals surface area contributed by atoms with E-state index >= 15 is 0 Å². The fourth-order valence-corrected chi connectivity index (χ4v) is 5.24. The van der Waals surface area contributed by atoms with Crippen LogP contribution in [-0.4, -0.2) is 37.3 Å². The number of carbonyl (C=O) groups is 1. The van der Waals surface area contributed by atoms with E-state index < -0.39 is 16.8 Å². The van der Waals surface area contributed by atoms with E-state index in [4.69, 9.17) is 26.3 Å². The standard InChI is InChI=1S/C34H36ClN3O4/c1-33(2,21-39)16-28-27-15-26(42-20-25-14-11-23-7-5-6-8-29(23)37-25)18-36-31(27)38(19-22-9-12-24(35)13-10-22)30(28)17-34(3,4)32(40)41/h5-15,18,39H,16-17,19-21H2,1-4H3,(H,40,41). The number of benzene rings is 2. The van der Waals surface area contributed by atoms with Crippen molar-refractivity contribution in [2.45, 2.75) is 53.7 Å². The van der Waals surface area contributed by atoms with Gasteiger partial charge in [-0.05, 0) is 67.1 Å². The fourth-order valence-electron chi connectivity index (χ4n) is 5.12. The molecular formula is C34H36ClN3O4. The lowest BCUT2D eigenvalue weighted by molar-refractivity contribution is -0.146. The van der Waals surface area contributed by atoms with Crippen molar-refractivity contribution in [3.63, 3.8) is 0 Å². The molecule has 0 fully saturated rings. The lowest BCUT2D eigenvalue weighted by Crippen LogP contribution is -2.29. The summed E-state index contributed by atoms with van der Waals surface area (Å²) < 4.78 is 8.29. The third-order valence-electron chi connectivity index (χ3n) is 7.66. The molecular weight excluding hydrogens is 550 g/mol. The van der Waals surface area contributed by atoms with Crippen molar-refractivity contribution in [1.29, 1.82) is 0 Å². The summed E-state index contributed by atoms with van der Waals surface area (Å²) in [5, 5.41) is 22.8. The molecule has 8 heteroatoms. The molecule has 3 aromatic heterocycles. The van der Waals surface area contributed by atoms with Crippen LogP contribution in [0.5, 0.6) is 5.75 Å². The zero-order valence-electron chi connectivity index (χ0n) is 24.4. The minimum Gasteiger partial charge on any atom is -0.486 e. The van der Waals surface area contributed by atoms with E-state index in [1.165, 1.54) is 0 Å². The molecule has 7 nitrogen and oxygen atoms in total. The van der Waals surface area contributed by atoms with Gasteiger partial charge in [0.2, 0.25) is 0 Å². The smallest absolute Gasteiger partial charge is 0.309 e. The first-order valence-corrected chi connectivity index (χ1v) is 14.4. The van der Waals surface area contributed by atoms with Crippen molar-refractivity contribution in [3.05, 3.63) is 100 Å². The van der Waals surface area contributed by atoms with Crippen molar-refractivity contribution in [3.8, 4) is 5.75 Å². The second-order valence-electron chi connectivity index (χ2n) is 12.3. The van der Waals surface area contributed by atoms with E-state index in [0.29, 0.717) is 30.2 Å². The molecule has 0 atom stereocenters. The van der Waals surface area contributed by atoms with Crippen molar-refractivity contribution < 1.29 is 19.7 Å². The lowest BCUT2D eigenvalue weighted by atomic mass is 9.82. The quantitative estimate of drug-likeness (QED) is 0.172. The molecule has 2 aromatic carbocycles. The van der Waals surface area contributed by atoms with E-state index in [9.17, 15) is 15.0 Å². The van der Waals surface area contributed by atoms with Crippen molar-refractivity contribution in [2.24, 2.45) is 10.8 Å². The minimum atomic E-state index is -1.02. The van der Waals surface area contributed by atoms with E-state index in [-0.39, 0.29) is 13.2 Å². The fraction of sp³-hybridized carbons (Fsp3) is 0.324. The summed E-state index contributed by atoms with van der Waals surface area (Å²) in [5.41, 5.74) is 3.86. The van der Waals surface area contributed by atoms with Crippen molar-refractivity contribution >= 4 is 39.5 Å². The normalized spacial score (nSPS) is 12.2. The van der Waals surface area contributed by atoms with Gasteiger partial charge in [0.15, 0.2) is 0 Å². The number of hydrogen-bond acceptors (Lipinski definition) is 5. The number of aliphatic hydroxyl groups excluding tert-OH is 1. The first-order valence-electron chi connectivity index (χ1n) is 14.0. The van der Waals surface area contributed by atoms with Crippen LogP contribution in [0.2, 0.25) is 5.02 Å². The summed E-state index contributed by atoms with van der Waals surface area (Å²) in [6.07, 6.45) is 2.53. The zero-order valence-corrected chi connectivity index (χ0v) is 25.2. The van der Waals surface area contributed by atoms with E-state index in [1.54, 1.807) is 20.0 Å². The van der Waals surface area contributed by atoms with Gasteiger partial charge in [-0.15, -0.1) is 0 Å². The molecule has 5 rings (SSSR count). The van der Waals surface area contributed by atoms with Gasteiger partial charge in [-0.25, -0.2) is 9.97 Å². The maximum Gasteiger partial charge on any atom is 0.309 e. The van der Waals surface area contributed by atoms with Gasteiger partial charge in [0.05, 0.1) is 22.8 Å². The molecule has 5 aromatic rings. The number of carboxylic acids is 1. The average Bonchev–Trinajstić information content (AvgIpc) is 3.22. The van der Waals surface area contributed by atoms with Crippen LogP contribution < -0.4 is 4.74 Å². The Bertz CT molecular complexity index is 1740. The van der Waals surface area contributed by atoms with Crippen LogP contribution in [0.15, 0.2) is 72.9 Å². The number of halogens is 1. The Morgan fingerprint density at radius 1 is 1.00 bits per heavy atom. The van der Waals surface area contributed by atoms with Gasteiger partial charge in [-0.1, -0.05) is 61.8 Å². The number of carboxylic acid groups (broad SMARTS) is 1. The van der Waals surface area contributed by atoms with Crippen LogP contribution in [0.3, 0.4) is 0 Å². The Balaban J connectivity index is 1.60. The Hall–Kier alpha value is -3.94. The zero-order chi connectivity index (χ0) is 30.1. The Morgan fingerprint density at radius 2 is 1.74 bits per heavy atom. The van der Waals surface area contributed by atoms with Gasteiger partial charge in [-0.2, -0.15) is 0 Å². The molecule has 42 heavy (non-hydrogen) atoms. The highest BCUT2D eigenvalue weighted by Crippen LogP contribution is 2.37. The molecule has 0 amide bonds. The summed E-state index contributed by atoms with van der Waals surface area (Å²) in [7, 11) is 0. The third-order valence-corrected chi connectivity index (χ3v) is 7.92. The average molecular weight is 586 g/mol. The summed E-state index contributed by atoms with van der Waals surface area (Å²) in [6, 6.07) is 21.5. The second kappa shape index (κ2) is 11.7. The van der Waals surface area contributed by atoms with Gasteiger partial charge in [-0.3, -0.25) is 4.79 Å². The highest BCUT2D eigenvalue weighted by atomic mass is 35.5. The predicted octanol–water partition coefficient (Wildman–Crippen LogP) is 7.08. The molecule has 0 spiro atoms. The lowest BCUT2D eigenvalue weighted by Gasteiger charge is -2.25. The maximum absolute atomic E-state index is 12.3. The molecule has 0 aliphatic carbocycles. The first-order chi connectivity index (χ1) is 20.0. The number of pyridine rings is 2. The van der Waals surface area contributed by atoms with Crippen LogP contribution >= 0.6 is 11.6 Å². The van der Waals surface area contributed by atoms with Crippen molar-refractivity contribution in [1.82, 2.24) is 14.5 Å². The molecule has 0 aliphatic rings. The summed E-state index contributed by atoms with van der Waals surface area (Å²) in [6.45, 7) is 8.22. The topological polar surface area (TPSA) is 97.5 Å². The molecule has 2 N–H and O–H groups in total. The SMILES string of the molecule is CC(C)(CO)Cc1c(CC(C)(C)C(=O)O)n(Cc2ccc(Cl)cc2)c2ncc(OCc3ccc4ccccc4n3)cc12. The summed E-state index contributed by atoms with van der Waals surface area (Å²) >= 11 is 6.15. The van der Waals surface area contributed by atoms with Gasteiger partial charge in [0, 0.05) is 41.1 Å². The summed E-state index contributed by atoms with van der Waals surface area (Å²) in [5.74, 6) is -0.286. The van der Waals surface area contributed by atoms with Crippen LogP contribution in [0, 0.1) is 10.8 Å². The molecule has 218 valence electrons. The van der Waals surface area contributed by atoms with Gasteiger partial charge in [0.1, 0.15) is 18.0 Å². The monoisotopic (exact) mass is 585 g/mol. The minimum absolute atomic E-state index is 0.0180. The third kappa shape index (κ3) is 6.42. The number of ether oxygens (including phenoxy) is 1. The highest BCUT2D eigenvalue weighted by Gasteiger charge is 2.33. The number of rotatable bonds is 11. The second-order valence-corrected chi connectivity index (χ2v) is 12.8. The Kier molecular flexibility index (Phi) is 8.26. The molecule has 0 aliphatic heterocycles. The van der Waals surface area contributed by atoms with Crippen molar-refractivity contribution in [2.75, 3.05) is 6.61 Å². The van der Waals surface area contributed by atoms with E-state index in [1.807, 2.05) is 80.6 Å². The Labute approximate surface area is 250 Å². The number of hydrogen-bond donors (Lipinski definition) is 2. The van der Waals surface area contributed by atoms with E-state index in [0.717, 1.165) is 44.5 Å². The molecule has 0 radical (unpaired) electrons. The van der Waals surface area contributed by atoms with E-state index in [2.05, 4.69) is 4.57 Å². The number of fused-ring (bicyclic) bond motifs is 2. The molecule has 0 saturated heterocycles. The molecule has 3 heterocycles. The van der Waals surface area contributed by atoms with Crippen LogP contribution in [0.4, 0.5) is 0 Å². The summed E-state index contributed by atoms with van der Waals surface area (Å²) in [4.78, 5) is 21.8. The van der Waals surface area contributed by atoms with Crippen LogP contribution in [0.1, 0.15) is 50.2 Å². The van der Waals surface area contributed by atoms with Gasteiger partial charge in [0.25, 0.3) is 0 Å². The van der Waals surface area contributed by atoms with Gasteiger partial charge < -0.3 is 19.5 Å². The molecule has 0 saturated carbocycles. The van der Waals surface area contributed by atoms with Crippen LogP contribution in [0.25, 0.3) is 21.9 Å². The number of nitrogens with zero attached hydrogens (tertiary/aromatic N) is 3. The van der Waals surface area contributed by atoms with Gasteiger partial charge >= 0.3 is 5.97 Å². The number of aliphatic hydroxyl groups is 1. The number of para-hydroxylation sites is 1. The molecule has 0 unspecified atom stereocenters. The molecule has 0 bridgehead atoms. The number of aromatic nitrogens is 3. The Morgan fingerprint density at radius 3 is 2.45 bits per heavy atom. The predicted molar refractivity (Wildman–Crippen MR) is 166 cm³/mol.